The molecule has 0 aliphatic heterocycles. The van der Waals surface area contributed by atoms with Crippen molar-refractivity contribution in [3.05, 3.63) is 17.0 Å². The van der Waals surface area contributed by atoms with Crippen molar-refractivity contribution in [1.29, 1.82) is 0 Å². The van der Waals surface area contributed by atoms with Crippen LogP contribution in [0.3, 0.4) is 0 Å². The lowest BCUT2D eigenvalue weighted by atomic mass is 10.4. The third-order valence-electron chi connectivity index (χ3n) is 1.37. The molecule has 0 aliphatic rings. The van der Waals surface area contributed by atoms with Crippen molar-refractivity contribution in [2.45, 2.75) is 31.0 Å². The molecule has 1 N–H and O–H groups in total. The van der Waals surface area contributed by atoms with E-state index in [1.54, 1.807) is 26.0 Å². The van der Waals surface area contributed by atoms with Gasteiger partial charge in [0.15, 0.2) is 0 Å². The second-order valence-corrected chi connectivity index (χ2v) is 6.37. The molecule has 0 unspecified atom stereocenters. The molecule has 3 nitrogen and oxygen atoms in total. The molecule has 1 heterocycles. The molecule has 1 rings (SSSR count). The fraction of sp³-hybridized carbons (Fsp3) is 0.500. The standard InChI is InChI=1S/C8H13NO2S2/c1-6(2)9-13(10,11)8-5-4-7(3)12-8/h4-6,9H,1-3H3. The minimum atomic E-state index is -3.27. The van der Waals surface area contributed by atoms with E-state index >= 15 is 0 Å². The van der Waals surface area contributed by atoms with Crippen molar-refractivity contribution in [3.63, 3.8) is 0 Å². The predicted octanol–water partition coefficient (Wildman–Crippen LogP) is 1.74. The summed E-state index contributed by atoms with van der Waals surface area (Å²) in [5, 5.41) is 0. The van der Waals surface area contributed by atoms with Gasteiger partial charge < -0.3 is 0 Å². The van der Waals surface area contributed by atoms with Gasteiger partial charge in [0.05, 0.1) is 0 Å². The molecule has 0 spiro atoms. The Bertz CT molecular complexity index is 379. The number of sulfonamides is 1. The quantitative estimate of drug-likeness (QED) is 0.841. The molecule has 0 aromatic carbocycles. The van der Waals surface area contributed by atoms with E-state index in [2.05, 4.69) is 4.72 Å². The first-order chi connectivity index (χ1) is 5.92. The predicted molar refractivity (Wildman–Crippen MR) is 54.5 cm³/mol. The lowest BCUT2D eigenvalue weighted by molar-refractivity contribution is 0.572. The topological polar surface area (TPSA) is 46.2 Å². The van der Waals surface area contributed by atoms with Crippen LogP contribution in [0.1, 0.15) is 18.7 Å². The Balaban J connectivity index is 2.95. The molecule has 0 fully saturated rings. The second kappa shape index (κ2) is 3.77. The molecule has 1 aromatic heterocycles. The first kappa shape index (κ1) is 10.7. The number of hydrogen-bond donors (Lipinski definition) is 1. The van der Waals surface area contributed by atoms with Crippen LogP contribution < -0.4 is 4.72 Å². The van der Waals surface area contributed by atoms with E-state index in [9.17, 15) is 8.42 Å². The van der Waals surface area contributed by atoms with Gasteiger partial charge in [-0.2, -0.15) is 0 Å². The van der Waals surface area contributed by atoms with Crippen LogP contribution in [0.15, 0.2) is 16.3 Å². The smallest absolute Gasteiger partial charge is 0.208 e. The summed E-state index contributed by atoms with van der Waals surface area (Å²) in [5.41, 5.74) is 0. The number of aryl methyl sites for hydroxylation is 1. The van der Waals surface area contributed by atoms with Crippen LogP contribution in [-0.4, -0.2) is 14.5 Å². The highest BCUT2D eigenvalue weighted by atomic mass is 32.2. The first-order valence-corrected chi connectivity index (χ1v) is 6.30. The van der Waals surface area contributed by atoms with Crippen LogP contribution in [0.4, 0.5) is 0 Å². The molecule has 1 aromatic rings. The van der Waals surface area contributed by atoms with Crippen molar-refractivity contribution in [2.75, 3.05) is 0 Å². The van der Waals surface area contributed by atoms with Gasteiger partial charge in [-0.3, -0.25) is 0 Å². The summed E-state index contributed by atoms with van der Waals surface area (Å²) in [6, 6.07) is 3.37. The molecule has 0 radical (unpaired) electrons. The Morgan fingerprint density at radius 3 is 2.38 bits per heavy atom. The Morgan fingerprint density at radius 2 is 2.00 bits per heavy atom. The van der Waals surface area contributed by atoms with E-state index in [1.165, 1.54) is 11.3 Å². The van der Waals surface area contributed by atoms with E-state index in [4.69, 9.17) is 0 Å². The van der Waals surface area contributed by atoms with Gasteiger partial charge in [0.2, 0.25) is 10.0 Å². The van der Waals surface area contributed by atoms with Crippen LogP contribution in [0.25, 0.3) is 0 Å². The van der Waals surface area contributed by atoms with E-state index in [0.29, 0.717) is 4.21 Å². The molecule has 0 saturated heterocycles. The second-order valence-electron chi connectivity index (χ2n) is 3.14. The lowest BCUT2D eigenvalue weighted by Crippen LogP contribution is -2.29. The van der Waals surface area contributed by atoms with Gasteiger partial charge in [0, 0.05) is 10.9 Å². The van der Waals surface area contributed by atoms with Gasteiger partial charge in [0.25, 0.3) is 0 Å². The van der Waals surface area contributed by atoms with Gasteiger partial charge in [-0.05, 0) is 32.9 Å². The average molecular weight is 219 g/mol. The zero-order valence-corrected chi connectivity index (χ0v) is 9.50. The van der Waals surface area contributed by atoms with E-state index in [1.807, 2.05) is 6.92 Å². The van der Waals surface area contributed by atoms with Crippen molar-refractivity contribution >= 4 is 21.4 Å². The van der Waals surface area contributed by atoms with Crippen LogP contribution in [0.5, 0.6) is 0 Å². The highest BCUT2D eigenvalue weighted by Crippen LogP contribution is 2.20. The maximum atomic E-state index is 11.6. The van der Waals surface area contributed by atoms with Crippen LogP contribution in [0, 0.1) is 6.92 Å². The van der Waals surface area contributed by atoms with Gasteiger partial charge in [0.1, 0.15) is 4.21 Å². The molecule has 0 saturated carbocycles. The van der Waals surface area contributed by atoms with E-state index in [0.717, 1.165) is 4.88 Å². The number of thiophene rings is 1. The molecule has 74 valence electrons. The number of hydrogen-bond acceptors (Lipinski definition) is 3. The minimum Gasteiger partial charge on any atom is -0.208 e. The largest absolute Gasteiger partial charge is 0.250 e. The van der Waals surface area contributed by atoms with E-state index < -0.39 is 10.0 Å². The minimum absolute atomic E-state index is 0.0626. The monoisotopic (exact) mass is 219 g/mol. The summed E-state index contributed by atoms with van der Waals surface area (Å²) >= 11 is 1.29. The third-order valence-corrected chi connectivity index (χ3v) is 4.52. The normalized spacial score (nSPS) is 12.3. The van der Waals surface area contributed by atoms with Crippen LogP contribution in [-0.2, 0) is 10.0 Å². The van der Waals surface area contributed by atoms with E-state index in [-0.39, 0.29) is 6.04 Å². The van der Waals surface area contributed by atoms with Crippen molar-refractivity contribution in [1.82, 2.24) is 4.72 Å². The SMILES string of the molecule is Cc1ccc(S(=O)(=O)NC(C)C)s1. The highest BCUT2D eigenvalue weighted by Gasteiger charge is 2.16. The maximum Gasteiger partial charge on any atom is 0.250 e. The molecular formula is C8H13NO2S2. The maximum absolute atomic E-state index is 11.6. The number of rotatable bonds is 3. The summed E-state index contributed by atoms with van der Waals surface area (Å²) < 4.78 is 26.0. The van der Waals surface area contributed by atoms with Gasteiger partial charge in [-0.15, -0.1) is 11.3 Å². The Morgan fingerprint density at radius 1 is 1.38 bits per heavy atom. The zero-order chi connectivity index (χ0) is 10.1. The summed E-state index contributed by atoms with van der Waals surface area (Å²) in [5.74, 6) is 0. The summed E-state index contributed by atoms with van der Waals surface area (Å²) in [6.45, 7) is 5.50. The van der Waals surface area contributed by atoms with Gasteiger partial charge in [-0.25, -0.2) is 13.1 Å². The summed E-state index contributed by atoms with van der Waals surface area (Å²) in [4.78, 5) is 1.00. The van der Waals surface area contributed by atoms with Gasteiger partial charge >= 0.3 is 0 Å². The molecule has 0 amide bonds. The summed E-state index contributed by atoms with van der Waals surface area (Å²) in [7, 11) is -3.27. The third kappa shape index (κ3) is 2.79. The zero-order valence-electron chi connectivity index (χ0n) is 7.87. The molecule has 0 bridgehead atoms. The summed E-state index contributed by atoms with van der Waals surface area (Å²) in [6.07, 6.45) is 0. The molecule has 0 aliphatic carbocycles. The molecular weight excluding hydrogens is 206 g/mol. The lowest BCUT2D eigenvalue weighted by Gasteiger charge is -2.06. The Hall–Kier alpha value is -0.390. The fourth-order valence-corrected chi connectivity index (χ4v) is 3.48. The molecule has 0 atom stereocenters. The fourth-order valence-electron chi connectivity index (χ4n) is 0.925. The number of nitrogens with one attached hydrogen (secondary N) is 1. The Kier molecular flexibility index (Phi) is 3.10. The van der Waals surface area contributed by atoms with Crippen molar-refractivity contribution in [2.24, 2.45) is 0 Å². The van der Waals surface area contributed by atoms with Crippen molar-refractivity contribution in [3.8, 4) is 0 Å². The first-order valence-electron chi connectivity index (χ1n) is 4.00. The van der Waals surface area contributed by atoms with Crippen LogP contribution >= 0.6 is 11.3 Å². The Labute approximate surface area is 82.8 Å². The van der Waals surface area contributed by atoms with Crippen LogP contribution in [0.2, 0.25) is 0 Å². The molecule has 13 heavy (non-hydrogen) atoms. The van der Waals surface area contributed by atoms with Gasteiger partial charge in [-0.1, -0.05) is 0 Å². The molecule has 5 heteroatoms. The van der Waals surface area contributed by atoms with Crippen molar-refractivity contribution < 1.29 is 8.42 Å². The highest BCUT2D eigenvalue weighted by molar-refractivity contribution is 7.91. The average Bonchev–Trinajstić information content (AvgIpc) is 2.32.